The van der Waals surface area contributed by atoms with Gasteiger partial charge in [0.15, 0.2) is 10.6 Å². The van der Waals surface area contributed by atoms with Crippen molar-refractivity contribution in [2.45, 2.75) is 32.2 Å². The van der Waals surface area contributed by atoms with E-state index in [0.717, 1.165) is 79.4 Å². The summed E-state index contributed by atoms with van der Waals surface area (Å²) in [6, 6.07) is 8.31. The van der Waals surface area contributed by atoms with Crippen molar-refractivity contribution in [3.05, 3.63) is 35.2 Å². The van der Waals surface area contributed by atoms with Crippen LogP contribution in [0.15, 0.2) is 30.5 Å². The summed E-state index contributed by atoms with van der Waals surface area (Å²) in [4.78, 5) is 5.70. The molecule has 5 rings (SSSR count). The third-order valence-corrected chi connectivity index (χ3v) is 6.03. The summed E-state index contributed by atoms with van der Waals surface area (Å²) in [6.45, 7) is 5.61. The first-order chi connectivity index (χ1) is 13.8. The Labute approximate surface area is 168 Å². The van der Waals surface area contributed by atoms with Crippen LogP contribution in [-0.4, -0.2) is 63.2 Å². The van der Waals surface area contributed by atoms with Crippen molar-refractivity contribution in [1.29, 1.82) is 0 Å². The number of hydrogen-bond acceptors (Lipinski definition) is 5. The lowest BCUT2D eigenvalue weighted by molar-refractivity contribution is 0.0209. The maximum Gasteiger partial charge on any atom is 0.199 e. The fourth-order valence-corrected chi connectivity index (χ4v) is 4.34. The minimum absolute atomic E-state index is 0.205. The number of nitrogens with zero attached hydrogens (tertiary/aromatic N) is 4. The normalized spacial score (nSPS) is 20.9. The summed E-state index contributed by atoms with van der Waals surface area (Å²) < 4.78 is 16.2. The van der Waals surface area contributed by atoms with Gasteiger partial charge in [0.05, 0.1) is 32.5 Å². The van der Waals surface area contributed by atoms with Gasteiger partial charge in [-0.1, -0.05) is 18.2 Å². The molecule has 1 aromatic carbocycles. The first-order valence-electron chi connectivity index (χ1n) is 9.95. The zero-order valence-electron chi connectivity index (χ0n) is 15.8. The van der Waals surface area contributed by atoms with E-state index in [-0.39, 0.29) is 6.10 Å². The molecule has 0 saturated carbocycles. The van der Waals surface area contributed by atoms with Crippen LogP contribution in [-0.2, 0) is 22.7 Å². The molecule has 2 aromatic heterocycles. The number of para-hydroxylation sites is 1. The van der Waals surface area contributed by atoms with Gasteiger partial charge in [-0.25, -0.2) is 4.68 Å². The highest BCUT2D eigenvalue weighted by Gasteiger charge is 2.23. The van der Waals surface area contributed by atoms with E-state index < -0.39 is 0 Å². The van der Waals surface area contributed by atoms with Gasteiger partial charge in [0, 0.05) is 42.4 Å². The molecule has 0 aliphatic carbocycles. The fourth-order valence-electron chi connectivity index (χ4n) is 4.08. The maximum absolute atomic E-state index is 5.89. The van der Waals surface area contributed by atoms with Gasteiger partial charge in [0.2, 0.25) is 0 Å². The van der Waals surface area contributed by atoms with Crippen LogP contribution >= 0.6 is 12.2 Å². The lowest BCUT2D eigenvalue weighted by Gasteiger charge is -2.26. The number of aromatic amines is 1. The predicted octanol–water partition coefficient (Wildman–Crippen LogP) is 3.03. The van der Waals surface area contributed by atoms with Gasteiger partial charge in [-0.05, 0) is 31.1 Å². The Balaban J connectivity index is 1.55. The number of aromatic nitrogens is 4. The average molecular weight is 400 g/mol. The number of benzene rings is 1. The zero-order chi connectivity index (χ0) is 18.9. The lowest BCUT2D eigenvalue weighted by atomic mass is 10.1. The molecular formula is C20H25N5O2S. The summed E-state index contributed by atoms with van der Waals surface area (Å²) >= 11 is 5.85. The molecule has 0 amide bonds. The molecule has 1 atom stereocenters. The molecule has 0 spiro atoms. The maximum atomic E-state index is 5.89. The van der Waals surface area contributed by atoms with Crippen molar-refractivity contribution >= 4 is 23.1 Å². The molecule has 2 aliphatic rings. The summed E-state index contributed by atoms with van der Waals surface area (Å²) in [7, 11) is 0. The Morgan fingerprint density at radius 2 is 2.04 bits per heavy atom. The second-order valence-electron chi connectivity index (χ2n) is 7.47. The van der Waals surface area contributed by atoms with Crippen LogP contribution in [0.5, 0.6) is 0 Å². The molecule has 0 unspecified atom stereocenters. The van der Waals surface area contributed by atoms with Crippen molar-refractivity contribution in [2.75, 3.05) is 32.9 Å². The van der Waals surface area contributed by atoms with Gasteiger partial charge < -0.3 is 14.5 Å². The lowest BCUT2D eigenvalue weighted by Crippen LogP contribution is -2.37. The Kier molecular flexibility index (Phi) is 5.02. The smallest absolute Gasteiger partial charge is 0.199 e. The van der Waals surface area contributed by atoms with E-state index in [9.17, 15) is 0 Å². The van der Waals surface area contributed by atoms with Gasteiger partial charge in [-0.2, -0.15) is 5.10 Å². The van der Waals surface area contributed by atoms with Crippen LogP contribution in [0.25, 0.3) is 22.3 Å². The highest BCUT2D eigenvalue weighted by atomic mass is 32.1. The Bertz CT molecular complexity index is 1010. The second kappa shape index (κ2) is 7.79. The SMILES string of the molecule is S=c1n(CN2CCOCC2)nc(-c2c[nH]c3ccccc23)n1C[C@H]1CCCO1. The number of morpholine rings is 1. The molecule has 1 N–H and O–H groups in total. The van der Waals surface area contributed by atoms with E-state index in [1.165, 1.54) is 0 Å². The molecule has 2 aliphatic heterocycles. The molecule has 28 heavy (non-hydrogen) atoms. The van der Waals surface area contributed by atoms with Crippen molar-refractivity contribution in [3.8, 4) is 11.4 Å². The highest BCUT2D eigenvalue weighted by Crippen LogP contribution is 2.29. The largest absolute Gasteiger partial charge is 0.379 e. The quantitative estimate of drug-likeness (QED) is 0.669. The number of ether oxygens (including phenoxy) is 2. The molecule has 8 heteroatoms. The Morgan fingerprint density at radius 1 is 1.18 bits per heavy atom. The fraction of sp³-hybridized carbons (Fsp3) is 0.500. The number of nitrogens with one attached hydrogen (secondary N) is 1. The monoisotopic (exact) mass is 399 g/mol. The Hall–Kier alpha value is -2.00. The first-order valence-corrected chi connectivity index (χ1v) is 10.4. The van der Waals surface area contributed by atoms with Gasteiger partial charge in [-0.3, -0.25) is 9.47 Å². The molecule has 148 valence electrons. The average Bonchev–Trinajstić information content (AvgIpc) is 3.45. The van der Waals surface area contributed by atoms with Crippen molar-refractivity contribution in [1.82, 2.24) is 24.2 Å². The summed E-state index contributed by atoms with van der Waals surface area (Å²) in [6.07, 6.45) is 4.43. The van der Waals surface area contributed by atoms with Gasteiger partial charge >= 0.3 is 0 Å². The van der Waals surface area contributed by atoms with Crippen molar-refractivity contribution < 1.29 is 9.47 Å². The van der Waals surface area contributed by atoms with Crippen LogP contribution in [0.4, 0.5) is 0 Å². The Morgan fingerprint density at radius 3 is 2.86 bits per heavy atom. The standard InChI is InChI=1S/C20H25N5O2S/c28-20-24(13-15-4-3-9-27-15)19(17-12-21-18-6-2-1-5-16(17)18)22-25(20)14-23-7-10-26-11-8-23/h1-2,5-6,12,15,21H,3-4,7-11,13-14H2/t15-/m1/s1. The number of H-pyrrole nitrogens is 1. The molecule has 0 bridgehead atoms. The van der Waals surface area contributed by atoms with E-state index in [4.69, 9.17) is 26.8 Å². The minimum atomic E-state index is 0.205. The summed E-state index contributed by atoms with van der Waals surface area (Å²) in [5, 5.41) is 6.12. The summed E-state index contributed by atoms with van der Waals surface area (Å²) in [5.74, 6) is 0.909. The van der Waals surface area contributed by atoms with E-state index in [0.29, 0.717) is 6.67 Å². The predicted molar refractivity (Wildman–Crippen MR) is 110 cm³/mol. The van der Waals surface area contributed by atoms with E-state index in [1.807, 2.05) is 16.9 Å². The van der Waals surface area contributed by atoms with Crippen molar-refractivity contribution in [3.63, 3.8) is 0 Å². The number of rotatable bonds is 5. The van der Waals surface area contributed by atoms with E-state index in [1.54, 1.807) is 0 Å². The third-order valence-electron chi connectivity index (χ3n) is 5.60. The number of fused-ring (bicyclic) bond motifs is 1. The van der Waals surface area contributed by atoms with Crippen LogP contribution in [0, 0.1) is 4.77 Å². The second-order valence-corrected chi connectivity index (χ2v) is 7.84. The molecule has 4 heterocycles. The molecule has 2 fully saturated rings. The molecule has 2 saturated heterocycles. The molecule has 0 radical (unpaired) electrons. The van der Waals surface area contributed by atoms with Crippen LogP contribution in [0.1, 0.15) is 12.8 Å². The zero-order valence-corrected chi connectivity index (χ0v) is 16.7. The molecule has 3 aromatic rings. The molecule has 7 nitrogen and oxygen atoms in total. The van der Waals surface area contributed by atoms with Crippen LogP contribution in [0.2, 0.25) is 0 Å². The van der Waals surface area contributed by atoms with Crippen LogP contribution < -0.4 is 0 Å². The van der Waals surface area contributed by atoms with Gasteiger partial charge in [0.25, 0.3) is 0 Å². The van der Waals surface area contributed by atoms with Gasteiger partial charge in [0.1, 0.15) is 0 Å². The van der Waals surface area contributed by atoms with E-state index in [2.05, 4.69) is 32.7 Å². The first kappa shape index (κ1) is 18.1. The summed E-state index contributed by atoms with van der Waals surface area (Å²) in [5.41, 5.74) is 2.19. The van der Waals surface area contributed by atoms with Gasteiger partial charge in [-0.15, -0.1) is 0 Å². The van der Waals surface area contributed by atoms with Crippen LogP contribution in [0.3, 0.4) is 0 Å². The van der Waals surface area contributed by atoms with Crippen molar-refractivity contribution in [2.24, 2.45) is 0 Å². The number of hydrogen-bond donors (Lipinski definition) is 1. The minimum Gasteiger partial charge on any atom is -0.379 e. The topological polar surface area (TPSA) is 60.2 Å². The third kappa shape index (κ3) is 3.41. The molecular weight excluding hydrogens is 374 g/mol. The van der Waals surface area contributed by atoms with E-state index >= 15 is 0 Å². The highest BCUT2D eigenvalue weighted by molar-refractivity contribution is 7.71.